The van der Waals surface area contributed by atoms with E-state index in [0.29, 0.717) is 24.1 Å². The van der Waals surface area contributed by atoms with Gasteiger partial charge in [0.1, 0.15) is 5.82 Å². The minimum atomic E-state index is -3.85. The summed E-state index contributed by atoms with van der Waals surface area (Å²) in [6.07, 6.45) is 0. The second-order valence-corrected chi connectivity index (χ2v) is 7.22. The van der Waals surface area contributed by atoms with E-state index in [2.05, 4.69) is 4.72 Å². The maximum atomic E-state index is 13.0. The fourth-order valence-electron chi connectivity index (χ4n) is 2.81. The van der Waals surface area contributed by atoms with Gasteiger partial charge in [0.15, 0.2) is 0 Å². The summed E-state index contributed by atoms with van der Waals surface area (Å²) in [5.74, 6) is -0.447. The lowest BCUT2D eigenvalue weighted by molar-refractivity contribution is 0.601. The lowest BCUT2D eigenvalue weighted by Crippen LogP contribution is -2.23. The van der Waals surface area contributed by atoms with E-state index >= 15 is 0 Å². The van der Waals surface area contributed by atoms with Crippen LogP contribution in [0.1, 0.15) is 13.8 Å². The molecule has 0 radical (unpaired) electrons. The minimum Gasteiger partial charge on any atom is -0.292 e. The van der Waals surface area contributed by atoms with Crippen LogP contribution in [0.25, 0.3) is 11.0 Å². The summed E-state index contributed by atoms with van der Waals surface area (Å²) < 4.78 is 43.7. The third-order valence-corrected chi connectivity index (χ3v) is 5.41. The predicted octanol–water partition coefficient (Wildman–Crippen LogP) is 2.78. The molecule has 3 aromatic rings. The van der Waals surface area contributed by atoms with E-state index in [0.717, 1.165) is 0 Å². The van der Waals surface area contributed by atoms with Crippen molar-refractivity contribution in [3.8, 4) is 0 Å². The van der Waals surface area contributed by atoms with Gasteiger partial charge in [-0.3, -0.25) is 13.9 Å². The van der Waals surface area contributed by atoms with Crippen molar-refractivity contribution in [2.24, 2.45) is 0 Å². The molecule has 0 unspecified atom stereocenters. The van der Waals surface area contributed by atoms with Crippen LogP contribution < -0.4 is 10.4 Å². The molecule has 0 amide bonds. The van der Waals surface area contributed by atoms with Crippen molar-refractivity contribution in [3.05, 3.63) is 58.8 Å². The highest BCUT2D eigenvalue weighted by Gasteiger charge is 2.18. The number of aryl methyl sites for hydroxylation is 2. The Kier molecular flexibility index (Phi) is 4.38. The Balaban J connectivity index is 2.09. The molecule has 25 heavy (non-hydrogen) atoms. The Morgan fingerprint density at radius 3 is 2.16 bits per heavy atom. The number of rotatable bonds is 5. The normalized spacial score (nSPS) is 11.8. The molecule has 3 rings (SSSR count). The van der Waals surface area contributed by atoms with Crippen LogP contribution in [0.15, 0.2) is 52.2 Å². The quantitative estimate of drug-likeness (QED) is 0.758. The van der Waals surface area contributed by atoms with Gasteiger partial charge in [-0.05, 0) is 56.3 Å². The number of hydrogen-bond acceptors (Lipinski definition) is 3. The zero-order chi connectivity index (χ0) is 18.2. The Morgan fingerprint density at radius 2 is 1.56 bits per heavy atom. The summed E-state index contributed by atoms with van der Waals surface area (Å²) >= 11 is 0. The first-order valence-electron chi connectivity index (χ1n) is 7.89. The van der Waals surface area contributed by atoms with Gasteiger partial charge in [-0.1, -0.05) is 0 Å². The van der Waals surface area contributed by atoms with Crippen LogP contribution in [0.5, 0.6) is 0 Å². The van der Waals surface area contributed by atoms with Crippen LogP contribution in [-0.2, 0) is 23.1 Å². The molecule has 0 aliphatic carbocycles. The molecule has 8 heteroatoms. The van der Waals surface area contributed by atoms with Crippen molar-refractivity contribution in [2.45, 2.75) is 31.8 Å². The Labute approximate surface area is 144 Å². The molecule has 0 bridgehead atoms. The van der Waals surface area contributed by atoms with Crippen LogP contribution in [0.3, 0.4) is 0 Å². The molecule has 132 valence electrons. The van der Waals surface area contributed by atoms with Gasteiger partial charge < -0.3 is 0 Å². The van der Waals surface area contributed by atoms with Crippen molar-refractivity contribution in [1.82, 2.24) is 9.13 Å². The Morgan fingerprint density at radius 1 is 0.960 bits per heavy atom. The summed E-state index contributed by atoms with van der Waals surface area (Å²) in [6, 6.07) is 9.62. The van der Waals surface area contributed by atoms with Crippen LogP contribution >= 0.6 is 0 Å². The van der Waals surface area contributed by atoms with Gasteiger partial charge >= 0.3 is 5.69 Å². The van der Waals surface area contributed by atoms with Crippen molar-refractivity contribution < 1.29 is 12.8 Å². The summed E-state index contributed by atoms with van der Waals surface area (Å²) in [5, 5.41) is 0. The molecule has 1 aromatic heterocycles. The van der Waals surface area contributed by atoms with Crippen molar-refractivity contribution >= 4 is 26.7 Å². The minimum absolute atomic E-state index is 0.0415. The van der Waals surface area contributed by atoms with Crippen molar-refractivity contribution in [2.75, 3.05) is 4.72 Å². The van der Waals surface area contributed by atoms with E-state index in [1.165, 1.54) is 41.0 Å². The maximum absolute atomic E-state index is 13.0. The highest BCUT2D eigenvalue weighted by atomic mass is 32.2. The van der Waals surface area contributed by atoms with E-state index in [4.69, 9.17) is 0 Å². The average molecular weight is 363 g/mol. The zero-order valence-electron chi connectivity index (χ0n) is 13.9. The predicted molar refractivity (Wildman–Crippen MR) is 94.8 cm³/mol. The van der Waals surface area contributed by atoms with Gasteiger partial charge in [0.05, 0.1) is 15.9 Å². The first-order valence-corrected chi connectivity index (χ1v) is 9.37. The van der Waals surface area contributed by atoms with Gasteiger partial charge in [-0.15, -0.1) is 0 Å². The second kappa shape index (κ2) is 6.36. The lowest BCUT2D eigenvalue weighted by atomic mass is 10.3. The molecule has 0 spiro atoms. The highest BCUT2D eigenvalue weighted by Crippen LogP contribution is 2.21. The van der Waals surface area contributed by atoms with Gasteiger partial charge in [0, 0.05) is 18.8 Å². The largest absolute Gasteiger partial charge is 0.329 e. The Bertz CT molecular complexity index is 1080. The van der Waals surface area contributed by atoms with E-state index in [9.17, 15) is 17.6 Å². The number of nitrogens with one attached hydrogen (secondary N) is 1. The monoisotopic (exact) mass is 363 g/mol. The van der Waals surface area contributed by atoms with E-state index in [1.807, 2.05) is 13.8 Å². The third kappa shape index (κ3) is 3.05. The molecule has 2 aromatic carbocycles. The number of sulfonamides is 1. The fourth-order valence-corrected chi connectivity index (χ4v) is 3.89. The average Bonchev–Trinajstić information content (AvgIpc) is 2.86. The molecule has 0 aliphatic rings. The smallest absolute Gasteiger partial charge is 0.292 e. The first kappa shape index (κ1) is 17.2. The number of anilines is 1. The van der Waals surface area contributed by atoms with Crippen LogP contribution in [0, 0.1) is 5.82 Å². The van der Waals surface area contributed by atoms with Crippen LogP contribution in [0.2, 0.25) is 0 Å². The van der Waals surface area contributed by atoms with Gasteiger partial charge in [-0.2, -0.15) is 0 Å². The van der Waals surface area contributed by atoms with Crippen molar-refractivity contribution in [1.29, 1.82) is 0 Å². The zero-order valence-corrected chi connectivity index (χ0v) is 14.7. The van der Waals surface area contributed by atoms with E-state index in [1.54, 1.807) is 10.6 Å². The van der Waals surface area contributed by atoms with Gasteiger partial charge in [0.25, 0.3) is 10.0 Å². The number of aromatic nitrogens is 2. The lowest BCUT2D eigenvalue weighted by Gasteiger charge is -2.09. The third-order valence-electron chi connectivity index (χ3n) is 4.03. The molecular weight excluding hydrogens is 345 g/mol. The maximum Gasteiger partial charge on any atom is 0.329 e. The van der Waals surface area contributed by atoms with E-state index < -0.39 is 15.8 Å². The van der Waals surface area contributed by atoms with Crippen LogP contribution in [0.4, 0.5) is 10.1 Å². The topological polar surface area (TPSA) is 73.1 Å². The summed E-state index contributed by atoms with van der Waals surface area (Å²) in [5.41, 5.74) is 1.35. The van der Waals surface area contributed by atoms with Gasteiger partial charge in [-0.25, -0.2) is 17.6 Å². The molecule has 0 saturated heterocycles. The number of benzene rings is 2. The molecule has 0 atom stereocenters. The second-order valence-electron chi connectivity index (χ2n) is 5.53. The number of fused-ring (bicyclic) bond motifs is 1. The summed E-state index contributed by atoms with van der Waals surface area (Å²) in [4.78, 5) is 12.4. The summed E-state index contributed by atoms with van der Waals surface area (Å²) in [6.45, 7) is 4.64. The van der Waals surface area contributed by atoms with Crippen molar-refractivity contribution in [3.63, 3.8) is 0 Å². The molecule has 0 fully saturated rings. The molecule has 6 nitrogen and oxygen atoms in total. The summed E-state index contributed by atoms with van der Waals surface area (Å²) in [7, 11) is -3.85. The first-order chi connectivity index (χ1) is 11.9. The van der Waals surface area contributed by atoms with Gasteiger partial charge in [0.2, 0.25) is 0 Å². The number of imidazole rings is 1. The molecule has 0 aliphatic heterocycles. The molecule has 1 heterocycles. The SMILES string of the molecule is CCn1c(=O)n(CC)c2cc(S(=O)(=O)Nc3ccc(F)cc3)ccc21. The number of nitrogens with zero attached hydrogens (tertiary/aromatic N) is 2. The van der Waals surface area contributed by atoms with E-state index in [-0.39, 0.29) is 16.3 Å². The number of hydrogen-bond donors (Lipinski definition) is 1. The Hall–Kier alpha value is -2.61. The standard InChI is InChI=1S/C17H18FN3O3S/c1-3-20-15-10-9-14(11-16(15)21(4-2)17(20)22)25(23,24)19-13-7-5-12(18)6-8-13/h5-11,19H,3-4H2,1-2H3. The molecule has 0 saturated carbocycles. The van der Waals surface area contributed by atoms with Crippen LogP contribution in [-0.4, -0.2) is 17.6 Å². The fraction of sp³-hybridized carbons (Fsp3) is 0.235. The highest BCUT2D eigenvalue weighted by molar-refractivity contribution is 7.92. The molecular formula is C17H18FN3O3S. The number of halogens is 1. The molecule has 1 N–H and O–H groups in total.